The van der Waals surface area contributed by atoms with Crippen molar-refractivity contribution in [3.05, 3.63) is 94.1 Å². The number of hydrogen-bond acceptors (Lipinski definition) is 7. The van der Waals surface area contributed by atoms with Crippen molar-refractivity contribution in [1.82, 2.24) is 0 Å². The number of ketones is 2. The molecule has 4 atom stereocenters. The Bertz CT molecular complexity index is 1720. The lowest BCUT2D eigenvalue weighted by atomic mass is 9.60. The standard InChI is InChI=1S/C33H27NO8/c1-16-12-26(36)24-15-23-20(21(28(24)30(16)37)8-6-17-7-11-25(35)27(13-17)42-2)9-10-22-29(23)32(39)34(31(22)38)19-5-3-4-18(14-19)33(40)41/h3-9,11-14,21-23,29,35H,10,15H2,1-2H3,(H,40,41)/t21-,22-,23+,29-/m0/s1. The largest absolute Gasteiger partial charge is 0.504 e. The Morgan fingerprint density at radius 2 is 1.83 bits per heavy atom. The highest BCUT2D eigenvalue weighted by molar-refractivity contribution is 6.25. The first kappa shape index (κ1) is 27.1. The SMILES string of the molecule is COc1cc(C=C[C@H]2C3=CC[C@@H]4C(=O)N(c5cccc(C(=O)O)c5)C(=O)[C@@H]4[C@@H]3CC3=C2C(=O)C(C)=CC3=O)ccc1O. The summed E-state index contributed by atoms with van der Waals surface area (Å²) < 4.78 is 5.21. The number of benzene rings is 2. The summed E-state index contributed by atoms with van der Waals surface area (Å²) in [5.74, 6) is -4.81. The second kappa shape index (κ2) is 10.1. The van der Waals surface area contributed by atoms with E-state index in [0.717, 1.165) is 10.5 Å². The van der Waals surface area contributed by atoms with E-state index in [9.17, 15) is 34.2 Å². The van der Waals surface area contributed by atoms with E-state index in [2.05, 4.69) is 0 Å². The van der Waals surface area contributed by atoms with E-state index in [-0.39, 0.29) is 47.2 Å². The van der Waals surface area contributed by atoms with Crippen LogP contribution < -0.4 is 9.64 Å². The van der Waals surface area contributed by atoms with E-state index in [0.29, 0.717) is 22.3 Å². The number of hydrogen-bond donors (Lipinski definition) is 2. The number of methoxy groups -OCH3 is 1. The molecule has 2 N–H and O–H groups in total. The second-order valence-corrected chi connectivity index (χ2v) is 10.9. The molecule has 0 bridgehead atoms. The molecule has 2 aromatic rings. The number of nitrogens with zero attached hydrogens (tertiary/aromatic N) is 1. The molecule has 4 aliphatic rings. The maximum absolute atomic E-state index is 13.9. The third-order valence-electron chi connectivity index (χ3n) is 8.65. The molecule has 2 amide bonds. The minimum atomic E-state index is -1.17. The van der Waals surface area contributed by atoms with Gasteiger partial charge in [0.1, 0.15) is 0 Å². The lowest BCUT2D eigenvalue weighted by Crippen LogP contribution is -2.40. The molecular weight excluding hydrogens is 538 g/mol. The van der Waals surface area contributed by atoms with Crippen molar-refractivity contribution in [1.29, 1.82) is 0 Å². The number of rotatable bonds is 5. The molecular formula is C33H27NO8. The van der Waals surface area contributed by atoms with Gasteiger partial charge >= 0.3 is 5.97 Å². The molecule has 6 rings (SSSR count). The van der Waals surface area contributed by atoms with Gasteiger partial charge in [-0.3, -0.25) is 24.1 Å². The molecule has 0 saturated carbocycles. The molecule has 2 aromatic carbocycles. The van der Waals surface area contributed by atoms with Gasteiger partial charge in [-0.1, -0.05) is 35.9 Å². The van der Waals surface area contributed by atoms with Gasteiger partial charge < -0.3 is 14.9 Å². The molecule has 212 valence electrons. The van der Waals surface area contributed by atoms with Gasteiger partial charge in [-0.05, 0) is 67.7 Å². The molecule has 0 unspecified atom stereocenters. The maximum Gasteiger partial charge on any atom is 0.335 e. The first-order valence-electron chi connectivity index (χ1n) is 13.6. The summed E-state index contributed by atoms with van der Waals surface area (Å²) >= 11 is 0. The molecule has 9 heteroatoms. The number of allylic oxidation sites excluding steroid dienone is 7. The van der Waals surface area contributed by atoms with Crippen molar-refractivity contribution < 1.29 is 38.9 Å². The number of anilines is 1. The van der Waals surface area contributed by atoms with E-state index in [1.54, 1.807) is 25.1 Å². The number of amides is 2. The number of phenolic OH excluding ortho intramolecular Hbond substituents is 1. The van der Waals surface area contributed by atoms with Gasteiger partial charge in [-0.2, -0.15) is 0 Å². The van der Waals surface area contributed by atoms with Crippen LogP contribution in [-0.2, 0) is 19.2 Å². The highest BCUT2D eigenvalue weighted by Crippen LogP contribution is 2.53. The molecule has 9 nitrogen and oxygen atoms in total. The lowest BCUT2D eigenvalue weighted by Gasteiger charge is -2.41. The first-order valence-corrected chi connectivity index (χ1v) is 13.6. The number of aromatic carboxylic acids is 1. The molecule has 0 radical (unpaired) electrons. The van der Waals surface area contributed by atoms with Crippen LogP contribution in [0.1, 0.15) is 35.7 Å². The third-order valence-corrected chi connectivity index (χ3v) is 8.65. The number of carbonyl (C=O) groups is 5. The number of imide groups is 1. The van der Waals surface area contributed by atoms with Gasteiger partial charge in [0.25, 0.3) is 0 Å². The van der Waals surface area contributed by atoms with E-state index < -0.39 is 41.5 Å². The van der Waals surface area contributed by atoms with Crippen LogP contribution in [0.4, 0.5) is 5.69 Å². The van der Waals surface area contributed by atoms with Crippen LogP contribution in [0.5, 0.6) is 11.5 Å². The van der Waals surface area contributed by atoms with E-state index in [4.69, 9.17) is 4.74 Å². The molecule has 42 heavy (non-hydrogen) atoms. The summed E-state index contributed by atoms with van der Waals surface area (Å²) in [7, 11) is 1.44. The number of aromatic hydroxyl groups is 1. The summed E-state index contributed by atoms with van der Waals surface area (Å²) in [6.07, 6.45) is 7.26. The predicted octanol–water partition coefficient (Wildman–Crippen LogP) is 4.28. The van der Waals surface area contributed by atoms with Crippen LogP contribution in [0.2, 0.25) is 0 Å². The lowest BCUT2D eigenvalue weighted by molar-refractivity contribution is -0.123. The average Bonchev–Trinajstić information content (AvgIpc) is 3.24. The highest BCUT2D eigenvalue weighted by atomic mass is 16.5. The van der Waals surface area contributed by atoms with E-state index in [1.165, 1.54) is 43.5 Å². The summed E-state index contributed by atoms with van der Waals surface area (Å²) in [6, 6.07) is 10.5. The Morgan fingerprint density at radius 3 is 2.57 bits per heavy atom. The van der Waals surface area contributed by atoms with Gasteiger partial charge in [0.2, 0.25) is 11.8 Å². The summed E-state index contributed by atoms with van der Waals surface area (Å²) in [5.41, 5.74) is 2.71. The topological polar surface area (TPSA) is 138 Å². The molecule has 1 aliphatic heterocycles. The smallest absolute Gasteiger partial charge is 0.335 e. The Kier molecular flexibility index (Phi) is 6.52. The molecule has 1 fully saturated rings. The number of carboxylic acid groups (broad SMARTS) is 1. The number of carbonyl (C=O) groups excluding carboxylic acids is 4. The van der Waals surface area contributed by atoms with Crippen LogP contribution in [0.15, 0.2) is 83.0 Å². The van der Waals surface area contributed by atoms with Crippen molar-refractivity contribution in [2.75, 3.05) is 12.0 Å². The zero-order valence-electron chi connectivity index (χ0n) is 22.9. The van der Waals surface area contributed by atoms with E-state index in [1.807, 2.05) is 12.2 Å². The van der Waals surface area contributed by atoms with Crippen molar-refractivity contribution in [2.45, 2.75) is 19.8 Å². The minimum Gasteiger partial charge on any atom is -0.504 e. The van der Waals surface area contributed by atoms with Crippen molar-refractivity contribution >= 4 is 41.1 Å². The number of ether oxygens (including phenoxy) is 1. The van der Waals surface area contributed by atoms with Gasteiger partial charge in [0.15, 0.2) is 23.1 Å². The number of phenols is 1. The number of fused-ring (bicyclic) bond motifs is 3. The number of Topliss-reactive ketones (excluding diaryl/α,β-unsaturated/α-hetero) is 1. The molecule has 3 aliphatic carbocycles. The third kappa shape index (κ3) is 4.20. The quantitative estimate of drug-likeness (QED) is 0.311. The van der Waals surface area contributed by atoms with Crippen molar-refractivity contribution in [2.24, 2.45) is 23.7 Å². The monoisotopic (exact) mass is 565 g/mol. The molecule has 0 spiro atoms. The predicted molar refractivity (Wildman–Crippen MR) is 152 cm³/mol. The second-order valence-electron chi connectivity index (χ2n) is 10.9. The van der Waals surface area contributed by atoms with Crippen LogP contribution in [0, 0.1) is 23.7 Å². The van der Waals surface area contributed by atoms with Crippen LogP contribution in [0.25, 0.3) is 6.08 Å². The van der Waals surface area contributed by atoms with Gasteiger partial charge in [-0.25, -0.2) is 4.79 Å². The van der Waals surface area contributed by atoms with Gasteiger partial charge in [0.05, 0.1) is 30.2 Å². The van der Waals surface area contributed by atoms with Crippen molar-refractivity contribution in [3.8, 4) is 11.5 Å². The summed E-state index contributed by atoms with van der Waals surface area (Å²) in [4.78, 5) is 66.8. The maximum atomic E-state index is 13.9. The number of carboxylic acids is 1. The molecule has 1 saturated heterocycles. The fraction of sp³-hybridized carbons (Fsp3) is 0.242. The Labute approximate surface area is 241 Å². The normalized spacial score (nSPS) is 25.2. The fourth-order valence-corrected chi connectivity index (χ4v) is 6.68. The minimum absolute atomic E-state index is 0.0184. The zero-order valence-corrected chi connectivity index (χ0v) is 22.9. The van der Waals surface area contributed by atoms with Crippen LogP contribution in [0.3, 0.4) is 0 Å². The summed E-state index contributed by atoms with van der Waals surface area (Å²) in [5, 5.41) is 19.4. The highest BCUT2D eigenvalue weighted by Gasteiger charge is 2.56. The Hall–Kier alpha value is -5.05. The summed E-state index contributed by atoms with van der Waals surface area (Å²) in [6.45, 7) is 1.61. The molecule has 0 aromatic heterocycles. The first-order chi connectivity index (χ1) is 20.1. The Morgan fingerprint density at radius 1 is 1.05 bits per heavy atom. The van der Waals surface area contributed by atoms with E-state index >= 15 is 0 Å². The Balaban J connectivity index is 1.42. The van der Waals surface area contributed by atoms with Crippen LogP contribution >= 0.6 is 0 Å². The van der Waals surface area contributed by atoms with Crippen molar-refractivity contribution in [3.63, 3.8) is 0 Å². The van der Waals surface area contributed by atoms with Gasteiger partial charge in [-0.15, -0.1) is 0 Å². The molecule has 1 heterocycles. The van der Waals surface area contributed by atoms with Gasteiger partial charge in [0, 0.05) is 22.6 Å². The average molecular weight is 566 g/mol. The van der Waals surface area contributed by atoms with Crippen LogP contribution in [-0.4, -0.2) is 46.7 Å². The fourth-order valence-electron chi connectivity index (χ4n) is 6.68. The zero-order chi connectivity index (χ0) is 29.9.